The first-order valence-electron chi connectivity index (χ1n) is 4.88. The SMILES string of the molecule is CC(CC1CC1)NCC(N)C(N)=O. The van der Waals surface area contributed by atoms with Crippen molar-refractivity contribution in [3.8, 4) is 0 Å². The molecular weight excluding hydrogens is 166 g/mol. The van der Waals surface area contributed by atoms with E-state index < -0.39 is 11.9 Å². The summed E-state index contributed by atoms with van der Waals surface area (Å²) in [6, 6.07) is -0.112. The van der Waals surface area contributed by atoms with E-state index in [9.17, 15) is 4.79 Å². The summed E-state index contributed by atoms with van der Waals surface area (Å²) in [5.41, 5.74) is 10.5. The van der Waals surface area contributed by atoms with Gasteiger partial charge in [0.25, 0.3) is 0 Å². The number of carbonyl (C=O) groups is 1. The molecule has 0 spiro atoms. The fourth-order valence-electron chi connectivity index (χ4n) is 1.37. The minimum absolute atomic E-state index is 0.439. The molecule has 0 radical (unpaired) electrons. The van der Waals surface area contributed by atoms with Crippen molar-refractivity contribution in [2.24, 2.45) is 17.4 Å². The quantitative estimate of drug-likeness (QED) is 0.525. The van der Waals surface area contributed by atoms with Gasteiger partial charge in [-0.15, -0.1) is 0 Å². The standard InChI is InChI=1S/C9H19N3O/c1-6(4-7-2-3-7)12-5-8(10)9(11)13/h6-8,12H,2-5,10H2,1H3,(H2,11,13). The molecule has 0 aromatic heterocycles. The molecule has 1 saturated carbocycles. The second kappa shape index (κ2) is 4.58. The topological polar surface area (TPSA) is 81.1 Å². The molecule has 0 aromatic carbocycles. The Kier molecular flexibility index (Phi) is 3.69. The number of rotatable bonds is 6. The Labute approximate surface area is 79.0 Å². The van der Waals surface area contributed by atoms with E-state index in [1.807, 2.05) is 0 Å². The fourth-order valence-corrected chi connectivity index (χ4v) is 1.37. The highest BCUT2D eigenvalue weighted by molar-refractivity contribution is 5.79. The Balaban J connectivity index is 2.05. The molecular formula is C9H19N3O. The van der Waals surface area contributed by atoms with E-state index in [-0.39, 0.29) is 0 Å². The van der Waals surface area contributed by atoms with Crippen LogP contribution in [-0.2, 0) is 4.79 Å². The summed E-state index contributed by atoms with van der Waals surface area (Å²) < 4.78 is 0. The van der Waals surface area contributed by atoms with Crippen molar-refractivity contribution in [2.45, 2.75) is 38.3 Å². The normalized spacial score (nSPS) is 21.1. The summed E-state index contributed by atoms with van der Waals surface area (Å²) in [6.45, 7) is 2.61. The van der Waals surface area contributed by atoms with E-state index in [1.54, 1.807) is 0 Å². The van der Waals surface area contributed by atoms with Crippen LogP contribution in [0.5, 0.6) is 0 Å². The molecule has 2 atom stereocenters. The van der Waals surface area contributed by atoms with Crippen molar-refractivity contribution >= 4 is 5.91 Å². The van der Waals surface area contributed by atoms with Crippen molar-refractivity contribution < 1.29 is 4.79 Å². The van der Waals surface area contributed by atoms with Crippen LogP contribution in [0.4, 0.5) is 0 Å². The Bertz CT molecular complexity index is 180. The molecule has 1 rings (SSSR count). The van der Waals surface area contributed by atoms with Gasteiger partial charge in [0.2, 0.25) is 5.91 Å². The van der Waals surface area contributed by atoms with Gasteiger partial charge in [-0.3, -0.25) is 4.79 Å². The van der Waals surface area contributed by atoms with Gasteiger partial charge in [-0.25, -0.2) is 0 Å². The Morgan fingerprint density at radius 3 is 2.69 bits per heavy atom. The second-order valence-electron chi connectivity index (χ2n) is 4.00. The molecule has 4 nitrogen and oxygen atoms in total. The first kappa shape index (κ1) is 10.5. The second-order valence-corrected chi connectivity index (χ2v) is 4.00. The molecule has 13 heavy (non-hydrogen) atoms. The third-order valence-corrected chi connectivity index (χ3v) is 2.44. The molecule has 1 aliphatic carbocycles. The first-order chi connectivity index (χ1) is 6.09. The van der Waals surface area contributed by atoms with Gasteiger partial charge in [0.15, 0.2) is 0 Å². The van der Waals surface area contributed by atoms with Gasteiger partial charge in [0, 0.05) is 12.6 Å². The van der Waals surface area contributed by atoms with E-state index in [4.69, 9.17) is 11.5 Å². The molecule has 1 amide bonds. The van der Waals surface area contributed by atoms with Crippen LogP contribution < -0.4 is 16.8 Å². The lowest BCUT2D eigenvalue weighted by atomic mass is 10.1. The highest BCUT2D eigenvalue weighted by Crippen LogP contribution is 2.33. The number of amides is 1. The molecule has 4 heteroatoms. The predicted octanol–water partition coefficient (Wildman–Crippen LogP) is -0.423. The van der Waals surface area contributed by atoms with E-state index in [2.05, 4.69) is 12.2 Å². The minimum atomic E-state index is -0.554. The van der Waals surface area contributed by atoms with E-state index >= 15 is 0 Å². The minimum Gasteiger partial charge on any atom is -0.368 e. The third kappa shape index (κ3) is 4.24. The van der Waals surface area contributed by atoms with Gasteiger partial charge >= 0.3 is 0 Å². The summed E-state index contributed by atoms with van der Waals surface area (Å²) in [6.07, 6.45) is 3.90. The average Bonchev–Trinajstić information content (AvgIpc) is 2.83. The smallest absolute Gasteiger partial charge is 0.235 e. The van der Waals surface area contributed by atoms with E-state index in [0.717, 1.165) is 5.92 Å². The van der Waals surface area contributed by atoms with Crippen LogP contribution in [0, 0.1) is 5.92 Å². The Morgan fingerprint density at radius 2 is 2.23 bits per heavy atom. The zero-order valence-corrected chi connectivity index (χ0v) is 8.12. The Hall–Kier alpha value is -0.610. The average molecular weight is 185 g/mol. The largest absolute Gasteiger partial charge is 0.368 e. The number of hydrogen-bond acceptors (Lipinski definition) is 3. The molecule has 0 aromatic rings. The van der Waals surface area contributed by atoms with Crippen LogP contribution in [0.25, 0.3) is 0 Å². The Morgan fingerprint density at radius 1 is 1.62 bits per heavy atom. The van der Waals surface area contributed by atoms with Crippen LogP contribution in [0.15, 0.2) is 0 Å². The number of primary amides is 1. The molecule has 0 bridgehead atoms. The molecule has 2 unspecified atom stereocenters. The summed E-state index contributed by atoms with van der Waals surface area (Å²) >= 11 is 0. The van der Waals surface area contributed by atoms with Gasteiger partial charge in [-0.2, -0.15) is 0 Å². The van der Waals surface area contributed by atoms with Gasteiger partial charge < -0.3 is 16.8 Å². The van der Waals surface area contributed by atoms with Crippen LogP contribution >= 0.6 is 0 Å². The lowest BCUT2D eigenvalue weighted by Crippen LogP contribution is -2.46. The molecule has 76 valence electrons. The van der Waals surface area contributed by atoms with Gasteiger partial charge in [0.1, 0.15) is 0 Å². The van der Waals surface area contributed by atoms with Crippen LogP contribution in [0.1, 0.15) is 26.2 Å². The van der Waals surface area contributed by atoms with Gasteiger partial charge in [-0.05, 0) is 19.3 Å². The van der Waals surface area contributed by atoms with Crippen molar-refractivity contribution in [1.82, 2.24) is 5.32 Å². The molecule has 0 saturated heterocycles. The maximum Gasteiger partial charge on any atom is 0.235 e. The first-order valence-corrected chi connectivity index (χ1v) is 4.88. The molecule has 1 aliphatic rings. The summed E-state index contributed by atoms with van der Waals surface area (Å²) in [7, 11) is 0. The van der Waals surface area contributed by atoms with Crippen molar-refractivity contribution in [3.05, 3.63) is 0 Å². The summed E-state index contributed by atoms with van der Waals surface area (Å²) in [5.74, 6) is 0.457. The monoisotopic (exact) mass is 185 g/mol. The maximum absolute atomic E-state index is 10.6. The van der Waals surface area contributed by atoms with Crippen LogP contribution in [0.2, 0.25) is 0 Å². The molecule has 1 fully saturated rings. The van der Waals surface area contributed by atoms with Crippen molar-refractivity contribution in [3.63, 3.8) is 0 Å². The lowest BCUT2D eigenvalue weighted by molar-refractivity contribution is -0.119. The summed E-state index contributed by atoms with van der Waals surface area (Å²) in [4.78, 5) is 10.6. The summed E-state index contributed by atoms with van der Waals surface area (Å²) in [5, 5.41) is 3.21. The molecule has 0 heterocycles. The molecule has 0 aliphatic heterocycles. The van der Waals surface area contributed by atoms with Crippen molar-refractivity contribution in [1.29, 1.82) is 0 Å². The number of nitrogens with two attached hydrogens (primary N) is 2. The van der Waals surface area contributed by atoms with Gasteiger partial charge in [-0.1, -0.05) is 12.8 Å². The maximum atomic E-state index is 10.6. The highest BCUT2D eigenvalue weighted by atomic mass is 16.1. The third-order valence-electron chi connectivity index (χ3n) is 2.44. The zero-order valence-electron chi connectivity index (χ0n) is 8.12. The van der Waals surface area contributed by atoms with Crippen molar-refractivity contribution in [2.75, 3.05) is 6.54 Å². The number of nitrogens with one attached hydrogen (secondary N) is 1. The van der Waals surface area contributed by atoms with E-state index in [0.29, 0.717) is 12.6 Å². The van der Waals surface area contributed by atoms with Gasteiger partial charge in [0.05, 0.1) is 6.04 Å². The lowest BCUT2D eigenvalue weighted by Gasteiger charge is -2.15. The molecule has 5 N–H and O–H groups in total. The zero-order chi connectivity index (χ0) is 9.84. The fraction of sp³-hybridized carbons (Fsp3) is 0.889. The number of hydrogen-bond donors (Lipinski definition) is 3. The highest BCUT2D eigenvalue weighted by Gasteiger charge is 2.23. The van der Waals surface area contributed by atoms with Crippen LogP contribution in [0.3, 0.4) is 0 Å². The number of carbonyl (C=O) groups excluding carboxylic acids is 1. The van der Waals surface area contributed by atoms with Crippen LogP contribution in [-0.4, -0.2) is 24.5 Å². The van der Waals surface area contributed by atoms with E-state index in [1.165, 1.54) is 19.3 Å². The predicted molar refractivity (Wildman–Crippen MR) is 52.0 cm³/mol.